The molecule has 0 fully saturated rings. The van der Waals surface area contributed by atoms with E-state index in [0.717, 1.165) is 11.1 Å². The summed E-state index contributed by atoms with van der Waals surface area (Å²) in [5, 5.41) is 13.9. The first-order valence-corrected chi connectivity index (χ1v) is 6.45. The predicted octanol–water partition coefficient (Wildman–Crippen LogP) is 3.43. The molecule has 5 heteroatoms. The molecule has 2 aromatic carbocycles. The van der Waals surface area contributed by atoms with Gasteiger partial charge in [0, 0.05) is 11.6 Å². The van der Waals surface area contributed by atoms with Gasteiger partial charge >= 0.3 is 0 Å². The number of aromatic hydroxyl groups is 1. The lowest BCUT2D eigenvalue weighted by atomic mass is 10.1. The molecule has 21 heavy (non-hydrogen) atoms. The highest BCUT2D eigenvalue weighted by molar-refractivity contribution is 5.66. The number of benzene rings is 2. The molecule has 1 heterocycles. The second-order valence-corrected chi connectivity index (χ2v) is 4.67. The van der Waals surface area contributed by atoms with Crippen molar-refractivity contribution in [3.8, 4) is 34.3 Å². The zero-order valence-electron chi connectivity index (χ0n) is 11.7. The third-order valence-corrected chi connectivity index (χ3v) is 3.17. The zero-order chi connectivity index (χ0) is 14.8. The molecule has 3 rings (SSSR count). The van der Waals surface area contributed by atoms with Crippen LogP contribution >= 0.6 is 0 Å². The highest BCUT2D eigenvalue weighted by Crippen LogP contribution is 2.32. The third-order valence-electron chi connectivity index (χ3n) is 3.17. The largest absolute Gasteiger partial charge is 0.507 e. The summed E-state index contributed by atoms with van der Waals surface area (Å²) in [4.78, 5) is 4.32. The van der Waals surface area contributed by atoms with Crippen molar-refractivity contribution < 1.29 is 14.4 Å². The summed E-state index contributed by atoms with van der Waals surface area (Å²) in [7, 11) is 1.54. The van der Waals surface area contributed by atoms with E-state index in [1.165, 1.54) is 13.2 Å². The number of aromatic nitrogens is 2. The number of phenolic OH excluding ortho intramolecular Hbond substituents is 1. The molecule has 1 aromatic heterocycles. The van der Waals surface area contributed by atoms with E-state index in [1.807, 2.05) is 31.2 Å². The maximum absolute atomic E-state index is 9.98. The van der Waals surface area contributed by atoms with E-state index < -0.39 is 0 Å². The van der Waals surface area contributed by atoms with E-state index in [2.05, 4.69) is 10.1 Å². The predicted molar refractivity (Wildman–Crippen MR) is 78.1 cm³/mol. The lowest BCUT2D eigenvalue weighted by molar-refractivity contribution is 0.405. The number of ether oxygens (including phenoxy) is 1. The number of hydrogen-bond donors (Lipinski definition) is 1. The average molecular weight is 282 g/mol. The average Bonchev–Trinajstić information content (AvgIpc) is 2.97. The SMILES string of the molecule is COc1ccc(-c2nc(-c3ccc(C)cc3)no2)c(O)c1. The Morgan fingerprint density at radius 3 is 2.52 bits per heavy atom. The maximum atomic E-state index is 9.98. The highest BCUT2D eigenvalue weighted by Gasteiger charge is 2.14. The van der Waals surface area contributed by atoms with Crippen LogP contribution in [0.4, 0.5) is 0 Å². The molecule has 0 atom stereocenters. The van der Waals surface area contributed by atoms with E-state index in [4.69, 9.17) is 9.26 Å². The number of aryl methyl sites for hydroxylation is 1. The van der Waals surface area contributed by atoms with E-state index in [1.54, 1.807) is 12.1 Å². The molecule has 5 nitrogen and oxygen atoms in total. The molecule has 0 aliphatic rings. The summed E-state index contributed by atoms with van der Waals surface area (Å²) >= 11 is 0. The van der Waals surface area contributed by atoms with Crippen LogP contribution in [0, 0.1) is 6.92 Å². The molecule has 0 radical (unpaired) electrons. The van der Waals surface area contributed by atoms with Gasteiger partial charge in [-0.2, -0.15) is 4.98 Å². The van der Waals surface area contributed by atoms with Gasteiger partial charge < -0.3 is 14.4 Å². The summed E-state index contributed by atoms with van der Waals surface area (Å²) in [6, 6.07) is 12.7. The lowest BCUT2D eigenvalue weighted by Crippen LogP contribution is -1.85. The van der Waals surface area contributed by atoms with Gasteiger partial charge in [0.25, 0.3) is 5.89 Å². The minimum absolute atomic E-state index is 0.0356. The van der Waals surface area contributed by atoms with Crippen molar-refractivity contribution in [2.45, 2.75) is 6.92 Å². The first-order valence-electron chi connectivity index (χ1n) is 6.45. The van der Waals surface area contributed by atoms with Gasteiger partial charge in [-0.3, -0.25) is 0 Å². The van der Waals surface area contributed by atoms with Gasteiger partial charge in [-0.15, -0.1) is 0 Å². The van der Waals surface area contributed by atoms with Crippen molar-refractivity contribution in [1.29, 1.82) is 0 Å². The molecule has 106 valence electrons. The van der Waals surface area contributed by atoms with Crippen LogP contribution in [0.2, 0.25) is 0 Å². The van der Waals surface area contributed by atoms with Gasteiger partial charge in [0.2, 0.25) is 5.82 Å². The van der Waals surface area contributed by atoms with Crippen LogP contribution in [0.5, 0.6) is 11.5 Å². The van der Waals surface area contributed by atoms with Gasteiger partial charge in [0.05, 0.1) is 12.7 Å². The Kier molecular flexibility index (Phi) is 3.31. The number of nitrogens with zero attached hydrogens (tertiary/aromatic N) is 2. The number of rotatable bonds is 3. The van der Waals surface area contributed by atoms with E-state index in [0.29, 0.717) is 17.1 Å². The Balaban J connectivity index is 1.96. The van der Waals surface area contributed by atoms with Gasteiger partial charge in [-0.1, -0.05) is 35.0 Å². The van der Waals surface area contributed by atoms with Crippen molar-refractivity contribution in [3.63, 3.8) is 0 Å². The van der Waals surface area contributed by atoms with Crippen molar-refractivity contribution in [2.75, 3.05) is 7.11 Å². The van der Waals surface area contributed by atoms with E-state index in [9.17, 15) is 5.11 Å². The topological polar surface area (TPSA) is 68.4 Å². The van der Waals surface area contributed by atoms with Gasteiger partial charge in [-0.25, -0.2) is 0 Å². The van der Waals surface area contributed by atoms with Gasteiger partial charge in [-0.05, 0) is 19.1 Å². The second-order valence-electron chi connectivity index (χ2n) is 4.67. The maximum Gasteiger partial charge on any atom is 0.262 e. The fraction of sp³-hybridized carbons (Fsp3) is 0.125. The Morgan fingerprint density at radius 1 is 1.10 bits per heavy atom. The minimum atomic E-state index is 0.0356. The Hall–Kier alpha value is -2.82. The molecule has 0 unspecified atom stereocenters. The van der Waals surface area contributed by atoms with Gasteiger partial charge in [0.1, 0.15) is 11.5 Å². The molecule has 0 saturated carbocycles. The van der Waals surface area contributed by atoms with Crippen molar-refractivity contribution in [3.05, 3.63) is 48.0 Å². The van der Waals surface area contributed by atoms with E-state index in [-0.39, 0.29) is 11.6 Å². The molecule has 3 aromatic rings. The smallest absolute Gasteiger partial charge is 0.262 e. The standard InChI is InChI=1S/C16H14N2O3/c1-10-3-5-11(6-4-10)15-17-16(21-18-15)13-8-7-12(20-2)9-14(13)19/h3-9,19H,1-2H3. The number of phenols is 1. The van der Waals surface area contributed by atoms with E-state index >= 15 is 0 Å². The Morgan fingerprint density at radius 2 is 1.86 bits per heavy atom. The van der Waals surface area contributed by atoms with Crippen molar-refractivity contribution in [1.82, 2.24) is 10.1 Å². The summed E-state index contributed by atoms with van der Waals surface area (Å²) < 4.78 is 10.3. The van der Waals surface area contributed by atoms with Crippen LogP contribution in [0.1, 0.15) is 5.56 Å². The summed E-state index contributed by atoms with van der Waals surface area (Å²) in [6.07, 6.45) is 0. The Labute approximate surface area is 121 Å². The third kappa shape index (κ3) is 2.58. The molecule has 0 bridgehead atoms. The number of hydrogen-bond acceptors (Lipinski definition) is 5. The Bertz CT molecular complexity index is 763. The van der Waals surface area contributed by atoms with Crippen molar-refractivity contribution in [2.24, 2.45) is 0 Å². The van der Waals surface area contributed by atoms with Crippen molar-refractivity contribution >= 4 is 0 Å². The molecular formula is C16H14N2O3. The summed E-state index contributed by atoms with van der Waals surface area (Å²) in [5.74, 6) is 1.36. The summed E-state index contributed by atoms with van der Waals surface area (Å²) in [6.45, 7) is 2.01. The molecule has 0 saturated heterocycles. The van der Waals surface area contributed by atoms with Crippen LogP contribution in [-0.4, -0.2) is 22.4 Å². The molecule has 0 aliphatic carbocycles. The quantitative estimate of drug-likeness (QED) is 0.797. The molecular weight excluding hydrogens is 268 g/mol. The van der Waals surface area contributed by atoms with Crippen LogP contribution < -0.4 is 4.74 Å². The van der Waals surface area contributed by atoms with Gasteiger partial charge in [0.15, 0.2) is 0 Å². The summed E-state index contributed by atoms with van der Waals surface area (Å²) in [5.41, 5.74) is 2.50. The van der Waals surface area contributed by atoms with Crippen LogP contribution in [-0.2, 0) is 0 Å². The van der Waals surface area contributed by atoms with Crippen LogP contribution in [0.15, 0.2) is 47.0 Å². The minimum Gasteiger partial charge on any atom is -0.507 e. The monoisotopic (exact) mass is 282 g/mol. The molecule has 1 N–H and O–H groups in total. The molecule has 0 spiro atoms. The molecule has 0 aliphatic heterocycles. The van der Waals surface area contributed by atoms with Crippen LogP contribution in [0.3, 0.4) is 0 Å². The normalized spacial score (nSPS) is 10.6. The zero-order valence-corrected chi connectivity index (χ0v) is 11.7. The lowest BCUT2D eigenvalue weighted by Gasteiger charge is -2.02. The van der Waals surface area contributed by atoms with Crippen LogP contribution in [0.25, 0.3) is 22.8 Å². The fourth-order valence-corrected chi connectivity index (χ4v) is 1.97. The second kappa shape index (κ2) is 5.28. The highest BCUT2D eigenvalue weighted by atomic mass is 16.5. The number of methoxy groups -OCH3 is 1. The first kappa shape index (κ1) is 13.2. The molecule has 0 amide bonds. The first-order chi connectivity index (χ1) is 10.2. The fourth-order valence-electron chi connectivity index (χ4n) is 1.97.